The highest BCUT2D eigenvalue weighted by Gasteiger charge is 2.33. The number of allylic oxidation sites excluding steroid dienone is 4. The third kappa shape index (κ3) is 17.6. The first kappa shape index (κ1) is 26.8. The van der Waals surface area contributed by atoms with E-state index in [0.29, 0.717) is 6.61 Å². The van der Waals surface area contributed by atoms with Crippen molar-refractivity contribution >= 4 is 15.0 Å². The molecule has 0 aliphatic heterocycles. The van der Waals surface area contributed by atoms with Crippen molar-refractivity contribution in [3.05, 3.63) is 23.3 Å². The van der Waals surface area contributed by atoms with E-state index >= 15 is 0 Å². The van der Waals surface area contributed by atoms with Crippen LogP contribution in [0.4, 0.5) is 0 Å². The average Bonchev–Trinajstić information content (AvgIpc) is 2.46. The molecule has 0 aliphatic rings. The zero-order valence-corrected chi connectivity index (χ0v) is 19.3. The summed E-state index contributed by atoms with van der Waals surface area (Å²) in [5, 5.41) is 0. The molecule has 1 unspecified atom stereocenters. The maximum Gasteiger partial charge on any atom is 0.335 e. The fraction of sp³-hybridized carbons (Fsp3) is 0.789. The topological polar surface area (TPSA) is 93.1 Å². The van der Waals surface area contributed by atoms with Crippen LogP contribution in [-0.4, -0.2) is 34.7 Å². The second kappa shape index (κ2) is 13.9. The number of unbranched alkanes of at least 4 members (excludes halogenated alkanes) is 3. The van der Waals surface area contributed by atoms with Crippen molar-refractivity contribution in [1.82, 2.24) is 0 Å². The van der Waals surface area contributed by atoms with Gasteiger partial charge in [0.05, 0.1) is 6.10 Å². The summed E-state index contributed by atoms with van der Waals surface area (Å²) in [6, 6.07) is 0. The molecule has 0 saturated carbocycles. The molecule has 0 fully saturated rings. The Hall–Kier alpha value is -0.220. The van der Waals surface area contributed by atoms with Crippen LogP contribution in [0.5, 0.6) is 0 Å². The molecule has 1 atom stereocenters. The minimum absolute atomic E-state index is 0.250. The van der Waals surface area contributed by atoms with Gasteiger partial charge in [-0.3, -0.25) is 9.13 Å². The molecule has 0 aromatic rings. The van der Waals surface area contributed by atoms with Crippen molar-refractivity contribution in [3.63, 3.8) is 0 Å². The van der Waals surface area contributed by atoms with E-state index in [4.69, 9.17) is 19.0 Å². The molecule has 0 heterocycles. The molecule has 0 radical (unpaired) electrons. The van der Waals surface area contributed by atoms with Crippen LogP contribution in [0.3, 0.4) is 0 Å². The Morgan fingerprint density at radius 2 is 1.67 bits per heavy atom. The van der Waals surface area contributed by atoms with Crippen molar-refractivity contribution in [2.75, 3.05) is 18.9 Å². The summed E-state index contributed by atoms with van der Waals surface area (Å²) < 4.78 is 34.3. The van der Waals surface area contributed by atoms with Crippen LogP contribution in [-0.2, 0) is 18.4 Å². The minimum Gasteiger partial charge on any atom is -0.371 e. The zero-order chi connectivity index (χ0) is 20.9. The Morgan fingerprint density at radius 1 is 1.00 bits per heavy atom. The molecule has 0 aliphatic carbocycles. The highest BCUT2D eigenvalue weighted by Crippen LogP contribution is 2.58. The van der Waals surface area contributed by atoms with E-state index in [0.717, 1.165) is 38.5 Å². The van der Waals surface area contributed by atoms with E-state index in [9.17, 15) is 9.13 Å². The summed E-state index contributed by atoms with van der Waals surface area (Å²) in [7, 11) is -7.90. The normalized spacial score (nSPS) is 15.0. The first-order chi connectivity index (χ1) is 12.4. The van der Waals surface area contributed by atoms with Crippen LogP contribution >= 0.6 is 15.0 Å². The summed E-state index contributed by atoms with van der Waals surface area (Å²) in [5.41, 5.74) is 2.76. The zero-order valence-electron chi connectivity index (χ0n) is 17.5. The van der Waals surface area contributed by atoms with E-state index in [1.54, 1.807) is 13.8 Å². The van der Waals surface area contributed by atoms with E-state index < -0.39 is 20.9 Å². The quantitative estimate of drug-likeness (QED) is 0.189. The van der Waals surface area contributed by atoms with Crippen molar-refractivity contribution in [1.29, 1.82) is 0 Å². The minimum atomic E-state index is -4.42. The van der Waals surface area contributed by atoms with Gasteiger partial charge in [0.1, 0.15) is 12.3 Å². The predicted octanol–water partition coefficient (Wildman–Crippen LogP) is 6.05. The van der Waals surface area contributed by atoms with Crippen LogP contribution in [0.2, 0.25) is 0 Å². The van der Waals surface area contributed by atoms with Gasteiger partial charge >= 0.3 is 7.60 Å². The Morgan fingerprint density at radius 3 is 2.22 bits per heavy atom. The molecule has 0 amide bonds. The molecular formula is C19H38O6P2. The van der Waals surface area contributed by atoms with Gasteiger partial charge in [0, 0.05) is 6.61 Å². The smallest absolute Gasteiger partial charge is 0.335 e. The van der Waals surface area contributed by atoms with Gasteiger partial charge in [-0.05, 0) is 66.7 Å². The van der Waals surface area contributed by atoms with Crippen molar-refractivity contribution < 1.29 is 28.2 Å². The van der Waals surface area contributed by atoms with Crippen LogP contribution in [0.25, 0.3) is 0 Å². The van der Waals surface area contributed by atoms with Crippen molar-refractivity contribution in [3.8, 4) is 0 Å². The Balaban J connectivity index is 4.01. The summed E-state index contributed by atoms with van der Waals surface area (Å²) in [6.07, 6.45) is 10.0. The van der Waals surface area contributed by atoms with E-state index in [1.807, 2.05) is 0 Å². The van der Waals surface area contributed by atoms with Gasteiger partial charge in [0.15, 0.2) is 0 Å². The molecule has 0 spiro atoms. The lowest BCUT2D eigenvalue weighted by atomic mass is 10.1. The average molecular weight is 424 g/mol. The van der Waals surface area contributed by atoms with E-state index in [-0.39, 0.29) is 12.5 Å². The lowest BCUT2D eigenvalue weighted by molar-refractivity contribution is 0.149. The molecule has 0 aromatic heterocycles. The van der Waals surface area contributed by atoms with E-state index in [2.05, 4.69) is 32.9 Å². The number of hydrogen-bond acceptors (Lipinski definition) is 4. The largest absolute Gasteiger partial charge is 0.371 e. The fourth-order valence-electron chi connectivity index (χ4n) is 2.54. The van der Waals surface area contributed by atoms with Gasteiger partial charge in [-0.25, -0.2) is 0 Å². The van der Waals surface area contributed by atoms with E-state index in [1.165, 1.54) is 11.1 Å². The maximum absolute atomic E-state index is 12.5. The lowest BCUT2D eigenvalue weighted by Gasteiger charge is -2.21. The van der Waals surface area contributed by atoms with Crippen LogP contribution < -0.4 is 0 Å². The third-order valence-electron chi connectivity index (χ3n) is 3.67. The summed E-state index contributed by atoms with van der Waals surface area (Å²) >= 11 is 0. The Bertz CT molecular complexity index is 559. The van der Waals surface area contributed by atoms with Crippen molar-refractivity contribution in [2.24, 2.45) is 0 Å². The summed E-state index contributed by atoms with van der Waals surface area (Å²) in [4.78, 5) is 18.2. The highest BCUT2D eigenvalue weighted by molar-refractivity contribution is 7.73. The molecule has 0 saturated heterocycles. The molecule has 0 rings (SSSR count). The predicted molar refractivity (Wildman–Crippen MR) is 112 cm³/mol. The molecule has 0 aromatic carbocycles. The van der Waals surface area contributed by atoms with Gasteiger partial charge in [-0.15, -0.1) is 0 Å². The summed E-state index contributed by atoms with van der Waals surface area (Å²) in [5.74, 6) is -0.769. The first-order valence-corrected chi connectivity index (χ1v) is 13.4. The highest BCUT2D eigenvalue weighted by atomic mass is 31.2. The molecule has 2 N–H and O–H groups in total. The summed E-state index contributed by atoms with van der Waals surface area (Å²) in [6.45, 7) is 10.2. The monoisotopic (exact) mass is 424 g/mol. The molecule has 6 nitrogen and oxygen atoms in total. The second-order valence-corrected chi connectivity index (χ2v) is 12.1. The SMILES string of the molecule is CC(C)=CCC/C(C)=C/CCCCCOCP(=O)(CP(=O)(O)O)OC(C)C. The maximum atomic E-state index is 12.5. The Labute approximate surface area is 165 Å². The van der Waals surface area contributed by atoms with Crippen molar-refractivity contribution in [2.45, 2.75) is 79.2 Å². The molecule has 0 bridgehead atoms. The standard InChI is InChI=1S/C19H38O6P2/c1-17(2)11-10-13-19(5)12-8-6-7-9-14-24-15-26(20,25-18(3)4)16-27(21,22)23/h11-12,18H,6-10,13-16H2,1-5H3,(H2,21,22,23)/b19-12+. The fourth-order valence-corrected chi connectivity index (χ4v) is 6.61. The van der Waals surface area contributed by atoms with Crippen LogP contribution in [0.1, 0.15) is 73.1 Å². The number of hydrogen-bond donors (Lipinski definition) is 2. The Kier molecular flexibility index (Phi) is 13.8. The molecule has 8 heteroatoms. The first-order valence-electron chi connectivity index (χ1n) is 9.61. The molecular weight excluding hydrogens is 386 g/mol. The second-order valence-electron chi connectivity index (χ2n) is 7.53. The third-order valence-corrected chi connectivity index (χ3v) is 8.25. The van der Waals surface area contributed by atoms with Gasteiger partial charge in [0.25, 0.3) is 0 Å². The number of rotatable bonds is 15. The van der Waals surface area contributed by atoms with Crippen LogP contribution in [0, 0.1) is 0 Å². The number of ether oxygens (including phenoxy) is 1. The van der Waals surface area contributed by atoms with Gasteiger partial charge in [-0.1, -0.05) is 29.7 Å². The van der Waals surface area contributed by atoms with Gasteiger partial charge in [0.2, 0.25) is 7.37 Å². The van der Waals surface area contributed by atoms with Crippen LogP contribution in [0.15, 0.2) is 23.3 Å². The van der Waals surface area contributed by atoms with Gasteiger partial charge < -0.3 is 19.0 Å². The molecule has 27 heavy (non-hydrogen) atoms. The van der Waals surface area contributed by atoms with Gasteiger partial charge in [-0.2, -0.15) is 0 Å². The molecule has 160 valence electrons. The lowest BCUT2D eigenvalue weighted by Crippen LogP contribution is -2.09.